The first-order valence-electron chi connectivity index (χ1n) is 10.3. The molecule has 32 heavy (non-hydrogen) atoms. The van der Waals surface area contributed by atoms with Crippen LogP contribution in [0.5, 0.6) is 5.88 Å². The lowest BCUT2D eigenvalue weighted by Crippen LogP contribution is -2.46. The zero-order valence-electron chi connectivity index (χ0n) is 17.5. The summed E-state index contributed by atoms with van der Waals surface area (Å²) in [5.74, 6) is 0.402. The summed E-state index contributed by atoms with van der Waals surface area (Å²) in [4.78, 5) is 21.2. The van der Waals surface area contributed by atoms with E-state index in [4.69, 9.17) is 0 Å². The number of fused-ring (bicyclic) bond motifs is 1. The highest BCUT2D eigenvalue weighted by atomic mass is 32.1. The fraction of sp³-hybridized carbons (Fsp3) is 0.273. The summed E-state index contributed by atoms with van der Waals surface area (Å²) < 4.78 is 1.43. The largest absolute Gasteiger partial charge is 0.492 e. The smallest absolute Gasteiger partial charge is 0.270 e. The Morgan fingerprint density at radius 2 is 1.84 bits per heavy atom. The Bertz CT molecular complexity index is 1260. The highest BCUT2D eigenvalue weighted by molar-refractivity contribution is 7.17. The molecule has 1 fully saturated rings. The first kappa shape index (κ1) is 20.6. The van der Waals surface area contributed by atoms with Crippen LogP contribution >= 0.6 is 11.3 Å². The van der Waals surface area contributed by atoms with Gasteiger partial charge in [0.25, 0.3) is 5.69 Å². The van der Waals surface area contributed by atoms with Gasteiger partial charge in [-0.05, 0) is 12.6 Å². The molecule has 0 saturated carbocycles. The number of benzene rings is 2. The Kier molecular flexibility index (Phi) is 5.33. The molecule has 1 aliphatic heterocycles. The Morgan fingerprint density at radius 1 is 1.09 bits per heavy atom. The average Bonchev–Trinajstić information content (AvgIpc) is 3.36. The SMILES string of the molecule is CN1CCN(C(c2ccccc2)c2sc3nc(-c4cccc([N+](=O)[O-])c4)nn3c2O)CC1. The standard InChI is InChI=1S/C22H22N6O3S/c1-25-10-12-26(13-11-25)18(15-6-3-2-4-7-15)19-21(29)27-22(32-19)23-20(24-27)16-8-5-9-17(14-16)28(30)31/h2-9,14,18,29H,10-13H2,1H3. The van der Waals surface area contributed by atoms with Crippen molar-refractivity contribution >= 4 is 22.0 Å². The quantitative estimate of drug-likeness (QED) is 0.367. The van der Waals surface area contributed by atoms with Crippen LogP contribution in [-0.4, -0.2) is 67.7 Å². The second kappa shape index (κ2) is 8.30. The van der Waals surface area contributed by atoms with E-state index >= 15 is 0 Å². The summed E-state index contributed by atoms with van der Waals surface area (Å²) >= 11 is 1.40. The van der Waals surface area contributed by atoms with Gasteiger partial charge >= 0.3 is 0 Å². The lowest BCUT2D eigenvalue weighted by atomic mass is 10.0. The van der Waals surface area contributed by atoms with E-state index < -0.39 is 4.92 Å². The number of aromatic hydroxyl groups is 1. The van der Waals surface area contributed by atoms with Gasteiger partial charge in [0.1, 0.15) is 0 Å². The lowest BCUT2D eigenvalue weighted by Gasteiger charge is -2.37. The molecule has 0 spiro atoms. The van der Waals surface area contributed by atoms with E-state index in [1.54, 1.807) is 12.1 Å². The zero-order chi connectivity index (χ0) is 22.2. The van der Waals surface area contributed by atoms with Crippen molar-refractivity contribution in [2.24, 2.45) is 0 Å². The van der Waals surface area contributed by atoms with Crippen molar-refractivity contribution in [3.63, 3.8) is 0 Å². The Balaban J connectivity index is 1.55. The Hall–Kier alpha value is -3.34. The van der Waals surface area contributed by atoms with Gasteiger partial charge in [-0.25, -0.2) is 0 Å². The summed E-state index contributed by atoms with van der Waals surface area (Å²) in [7, 11) is 2.12. The predicted octanol–water partition coefficient (Wildman–Crippen LogP) is 3.41. The summed E-state index contributed by atoms with van der Waals surface area (Å²) in [5, 5.41) is 26.7. The number of nitrogens with zero attached hydrogens (tertiary/aromatic N) is 6. The normalized spacial score (nSPS) is 16.4. The van der Waals surface area contributed by atoms with Crippen LogP contribution in [0.1, 0.15) is 16.5 Å². The van der Waals surface area contributed by atoms with Gasteiger partial charge in [-0.1, -0.05) is 53.8 Å². The molecule has 1 saturated heterocycles. The van der Waals surface area contributed by atoms with Crippen molar-refractivity contribution in [3.05, 3.63) is 75.2 Å². The number of aromatic nitrogens is 3. The van der Waals surface area contributed by atoms with Gasteiger partial charge in [0.2, 0.25) is 10.8 Å². The van der Waals surface area contributed by atoms with Crippen LogP contribution in [-0.2, 0) is 0 Å². The van der Waals surface area contributed by atoms with Crippen LogP contribution in [0.25, 0.3) is 16.3 Å². The van der Waals surface area contributed by atoms with Crippen LogP contribution in [0, 0.1) is 10.1 Å². The van der Waals surface area contributed by atoms with Gasteiger partial charge < -0.3 is 10.0 Å². The van der Waals surface area contributed by atoms with Crippen LogP contribution < -0.4 is 0 Å². The third-order valence-corrected chi connectivity index (χ3v) is 6.85. The van der Waals surface area contributed by atoms with Crippen molar-refractivity contribution in [3.8, 4) is 17.3 Å². The number of non-ortho nitro benzene ring substituents is 1. The van der Waals surface area contributed by atoms with Crippen LogP contribution in [0.4, 0.5) is 5.69 Å². The van der Waals surface area contributed by atoms with Gasteiger partial charge in [0.15, 0.2) is 5.82 Å². The summed E-state index contributed by atoms with van der Waals surface area (Å²) in [6.07, 6.45) is 0. The molecule has 9 nitrogen and oxygen atoms in total. The molecule has 2 aromatic heterocycles. The lowest BCUT2D eigenvalue weighted by molar-refractivity contribution is -0.384. The van der Waals surface area contributed by atoms with E-state index in [1.165, 1.54) is 28.0 Å². The topological polar surface area (TPSA) is 100 Å². The van der Waals surface area contributed by atoms with Crippen LogP contribution in [0.3, 0.4) is 0 Å². The van der Waals surface area contributed by atoms with Crippen molar-refractivity contribution in [2.75, 3.05) is 33.2 Å². The average molecular weight is 451 g/mol. The van der Waals surface area contributed by atoms with Gasteiger partial charge in [0, 0.05) is 43.9 Å². The van der Waals surface area contributed by atoms with Crippen molar-refractivity contribution < 1.29 is 10.0 Å². The minimum Gasteiger partial charge on any atom is -0.492 e. The molecule has 0 radical (unpaired) electrons. The van der Waals surface area contributed by atoms with Gasteiger partial charge in [0.05, 0.1) is 15.8 Å². The fourth-order valence-electron chi connectivity index (χ4n) is 4.05. The second-order valence-electron chi connectivity index (χ2n) is 7.88. The number of piperazine rings is 1. The first-order valence-corrected chi connectivity index (χ1v) is 11.1. The molecule has 1 N–H and O–H groups in total. The van der Waals surface area contributed by atoms with E-state index in [0.29, 0.717) is 16.3 Å². The number of hydrogen-bond donors (Lipinski definition) is 1. The number of thiazole rings is 1. The van der Waals surface area contributed by atoms with Gasteiger partial charge in [-0.3, -0.25) is 15.0 Å². The van der Waals surface area contributed by atoms with E-state index in [0.717, 1.165) is 36.6 Å². The fourth-order valence-corrected chi connectivity index (χ4v) is 5.17. The monoisotopic (exact) mass is 450 g/mol. The first-order chi connectivity index (χ1) is 15.5. The summed E-state index contributed by atoms with van der Waals surface area (Å²) in [5.41, 5.74) is 1.62. The van der Waals surface area contributed by atoms with E-state index in [-0.39, 0.29) is 17.6 Å². The van der Waals surface area contributed by atoms with Crippen molar-refractivity contribution in [1.29, 1.82) is 0 Å². The number of rotatable bonds is 5. The maximum absolute atomic E-state index is 11.1. The third kappa shape index (κ3) is 3.72. The van der Waals surface area contributed by atoms with E-state index in [1.807, 2.05) is 18.2 Å². The molecule has 1 unspecified atom stereocenters. The molecular formula is C22H22N6O3S. The molecule has 10 heteroatoms. The minimum absolute atomic E-state index is 0.0234. The Morgan fingerprint density at radius 3 is 2.53 bits per heavy atom. The van der Waals surface area contributed by atoms with E-state index in [2.05, 4.69) is 39.1 Å². The molecule has 164 valence electrons. The molecule has 0 amide bonds. The van der Waals surface area contributed by atoms with Crippen LogP contribution in [0.15, 0.2) is 54.6 Å². The second-order valence-corrected chi connectivity index (χ2v) is 8.89. The predicted molar refractivity (Wildman–Crippen MR) is 122 cm³/mol. The number of nitro groups is 1. The molecular weight excluding hydrogens is 428 g/mol. The van der Waals surface area contributed by atoms with Crippen molar-refractivity contribution in [2.45, 2.75) is 6.04 Å². The van der Waals surface area contributed by atoms with E-state index in [9.17, 15) is 15.2 Å². The molecule has 1 atom stereocenters. The molecule has 0 aliphatic carbocycles. The zero-order valence-corrected chi connectivity index (χ0v) is 18.3. The van der Waals surface area contributed by atoms with Crippen molar-refractivity contribution in [1.82, 2.24) is 24.4 Å². The van der Waals surface area contributed by atoms with Gasteiger partial charge in [-0.15, -0.1) is 5.10 Å². The highest BCUT2D eigenvalue weighted by Gasteiger charge is 2.31. The molecule has 0 bridgehead atoms. The maximum atomic E-state index is 11.1. The highest BCUT2D eigenvalue weighted by Crippen LogP contribution is 2.40. The van der Waals surface area contributed by atoms with Gasteiger partial charge in [-0.2, -0.15) is 9.50 Å². The molecule has 4 aromatic rings. The maximum Gasteiger partial charge on any atom is 0.270 e. The summed E-state index contributed by atoms with van der Waals surface area (Å²) in [6, 6.07) is 16.2. The molecule has 1 aliphatic rings. The molecule has 5 rings (SSSR count). The number of likely N-dealkylation sites (N-methyl/N-ethyl adjacent to an activating group) is 1. The molecule has 2 aromatic carbocycles. The van der Waals surface area contributed by atoms with Crippen LogP contribution in [0.2, 0.25) is 0 Å². The number of hydrogen-bond acceptors (Lipinski definition) is 8. The molecule has 3 heterocycles. The third-order valence-electron chi connectivity index (χ3n) is 5.78. The summed E-state index contributed by atoms with van der Waals surface area (Å²) in [6.45, 7) is 3.70. The minimum atomic E-state index is -0.446. The Labute approximate surface area is 188 Å². The number of nitro benzene ring substituents is 1.